The summed E-state index contributed by atoms with van der Waals surface area (Å²) in [5.74, 6) is 0. The van der Waals surface area contributed by atoms with Gasteiger partial charge >= 0.3 is 0 Å². The molecule has 3 rings (SSSR count). The van der Waals surface area contributed by atoms with E-state index in [2.05, 4.69) is 0 Å². The van der Waals surface area contributed by atoms with Crippen LogP contribution in [0.4, 0.5) is 11.4 Å². The van der Waals surface area contributed by atoms with Crippen LogP contribution < -0.4 is 4.31 Å². The number of nitro benzene ring substituents is 1. The molecule has 0 amide bonds. The zero-order chi connectivity index (χ0) is 20.3. The molecule has 144 valence electrons. The standard InChI is InChI=1S/C21H20N2O4S/c1-3-22(20-12-8-7-11-19(20)17-9-5-4-6-10-17)28(26,27)21-15-18(23(24)25)14-13-16(21)2/h4-15H,3H2,1-2H3. The van der Waals surface area contributed by atoms with Crippen LogP contribution in [-0.4, -0.2) is 19.9 Å². The lowest BCUT2D eigenvalue weighted by Gasteiger charge is -2.26. The fourth-order valence-corrected chi connectivity index (χ4v) is 4.86. The lowest BCUT2D eigenvalue weighted by molar-refractivity contribution is -0.385. The van der Waals surface area contributed by atoms with Crippen LogP contribution in [0, 0.1) is 17.0 Å². The SMILES string of the molecule is CCN(c1ccccc1-c1ccccc1)S(=O)(=O)c1cc([N+](=O)[O-])ccc1C. The molecule has 6 nitrogen and oxygen atoms in total. The number of anilines is 1. The number of aryl methyl sites for hydroxylation is 1. The van der Waals surface area contributed by atoms with E-state index in [0.717, 1.165) is 17.2 Å². The second-order valence-corrected chi connectivity index (χ2v) is 8.09. The Kier molecular flexibility index (Phi) is 5.46. The summed E-state index contributed by atoms with van der Waals surface area (Å²) in [5, 5.41) is 11.1. The number of hydrogen-bond donors (Lipinski definition) is 0. The van der Waals surface area contributed by atoms with Gasteiger partial charge in [-0.05, 0) is 31.0 Å². The van der Waals surface area contributed by atoms with Gasteiger partial charge in [-0.3, -0.25) is 14.4 Å². The molecule has 0 fully saturated rings. The van der Waals surface area contributed by atoms with Crippen LogP contribution in [0.25, 0.3) is 11.1 Å². The van der Waals surface area contributed by atoms with Crippen LogP contribution in [-0.2, 0) is 10.0 Å². The molecule has 0 atom stereocenters. The zero-order valence-electron chi connectivity index (χ0n) is 15.6. The summed E-state index contributed by atoms with van der Waals surface area (Å²) in [6, 6.07) is 20.6. The molecule has 7 heteroatoms. The summed E-state index contributed by atoms with van der Waals surface area (Å²) in [7, 11) is -3.99. The highest BCUT2D eigenvalue weighted by Crippen LogP contribution is 2.35. The first-order chi connectivity index (χ1) is 13.4. The van der Waals surface area contributed by atoms with Crippen LogP contribution in [0.5, 0.6) is 0 Å². The quantitative estimate of drug-likeness (QED) is 0.443. The zero-order valence-corrected chi connectivity index (χ0v) is 16.4. The van der Waals surface area contributed by atoms with Gasteiger partial charge in [-0.1, -0.05) is 54.6 Å². The number of rotatable bonds is 6. The summed E-state index contributed by atoms with van der Waals surface area (Å²) in [4.78, 5) is 10.5. The molecule has 0 bridgehead atoms. The maximum atomic E-state index is 13.4. The van der Waals surface area contributed by atoms with E-state index < -0.39 is 14.9 Å². The van der Waals surface area contributed by atoms with Gasteiger partial charge in [0, 0.05) is 24.2 Å². The minimum Gasteiger partial charge on any atom is -0.266 e. The molecule has 0 saturated carbocycles. The third-order valence-electron chi connectivity index (χ3n) is 4.50. The van der Waals surface area contributed by atoms with Crippen LogP contribution in [0.15, 0.2) is 77.7 Å². The van der Waals surface area contributed by atoms with Crippen molar-refractivity contribution >= 4 is 21.4 Å². The summed E-state index contributed by atoms with van der Waals surface area (Å²) < 4.78 is 28.2. The van der Waals surface area contributed by atoms with Gasteiger partial charge in [0.2, 0.25) is 0 Å². The van der Waals surface area contributed by atoms with Crippen LogP contribution in [0.1, 0.15) is 12.5 Å². The lowest BCUT2D eigenvalue weighted by atomic mass is 10.0. The van der Waals surface area contributed by atoms with Crippen molar-refractivity contribution in [1.82, 2.24) is 0 Å². The van der Waals surface area contributed by atoms with E-state index >= 15 is 0 Å². The molecule has 0 spiro atoms. The van der Waals surface area contributed by atoms with Crippen molar-refractivity contribution in [3.8, 4) is 11.1 Å². The molecule has 0 N–H and O–H groups in total. The predicted octanol–water partition coefficient (Wildman–Crippen LogP) is 4.79. The minimum absolute atomic E-state index is 0.0635. The Hall–Kier alpha value is -3.19. The maximum absolute atomic E-state index is 13.4. The van der Waals surface area contributed by atoms with Crippen LogP contribution in [0.3, 0.4) is 0 Å². The van der Waals surface area contributed by atoms with E-state index in [1.54, 1.807) is 26.0 Å². The minimum atomic E-state index is -3.99. The van der Waals surface area contributed by atoms with Crippen LogP contribution in [0.2, 0.25) is 0 Å². The molecular formula is C21H20N2O4S. The van der Waals surface area contributed by atoms with Crippen molar-refractivity contribution in [2.24, 2.45) is 0 Å². The van der Waals surface area contributed by atoms with Crippen molar-refractivity contribution in [2.75, 3.05) is 10.8 Å². The normalized spacial score (nSPS) is 11.2. The Balaban J connectivity index is 2.18. The molecule has 0 aromatic heterocycles. The fraction of sp³-hybridized carbons (Fsp3) is 0.143. The molecule has 0 aliphatic rings. The third-order valence-corrected chi connectivity index (χ3v) is 6.53. The summed E-state index contributed by atoms with van der Waals surface area (Å²) >= 11 is 0. The van der Waals surface area contributed by atoms with Gasteiger partial charge in [-0.15, -0.1) is 0 Å². The Bertz CT molecular complexity index is 1110. The number of nitrogens with zero attached hydrogens (tertiary/aromatic N) is 2. The lowest BCUT2D eigenvalue weighted by Crippen LogP contribution is -2.31. The van der Waals surface area contributed by atoms with Crippen molar-refractivity contribution in [2.45, 2.75) is 18.7 Å². The second kappa shape index (κ2) is 7.82. The number of sulfonamides is 1. The van der Waals surface area contributed by atoms with E-state index in [-0.39, 0.29) is 17.1 Å². The third kappa shape index (κ3) is 3.61. The molecule has 3 aromatic carbocycles. The first-order valence-corrected chi connectivity index (χ1v) is 10.2. The van der Waals surface area contributed by atoms with Gasteiger partial charge in [0.15, 0.2) is 0 Å². The van der Waals surface area contributed by atoms with E-state index in [9.17, 15) is 18.5 Å². The van der Waals surface area contributed by atoms with E-state index in [1.807, 2.05) is 42.5 Å². The Morgan fingerprint density at radius 3 is 2.25 bits per heavy atom. The molecule has 0 radical (unpaired) electrons. The highest BCUT2D eigenvalue weighted by molar-refractivity contribution is 7.92. The average molecular weight is 396 g/mol. The predicted molar refractivity (Wildman–Crippen MR) is 110 cm³/mol. The number of para-hydroxylation sites is 1. The van der Waals surface area contributed by atoms with Crippen molar-refractivity contribution in [3.63, 3.8) is 0 Å². The molecule has 3 aromatic rings. The van der Waals surface area contributed by atoms with E-state index in [4.69, 9.17) is 0 Å². The highest BCUT2D eigenvalue weighted by Gasteiger charge is 2.28. The maximum Gasteiger partial charge on any atom is 0.270 e. The first kappa shape index (κ1) is 19.6. The van der Waals surface area contributed by atoms with Gasteiger partial charge in [0.05, 0.1) is 15.5 Å². The number of non-ortho nitro benzene ring substituents is 1. The Morgan fingerprint density at radius 1 is 0.964 bits per heavy atom. The fourth-order valence-electron chi connectivity index (χ4n) is 3.12. The number of benzene rings is 3. The van der Waals surface area contributed by atoms with Crippen molar-refractivity contribution in [3.05, 3.63) is 88.5 Å². The number of nitro groups is 1. The average Bonchev–Trinajstić information content (AvgIpc) is 2.69. The number of hydrogen-bond acceptors (Lipinski definition) is 4. The van der Waals surface area contributed by atoms with Gasteiger partial charge in [-0.2, -0.15) is 0 Å². The van der Waals surface area contributed by atoms with Crippen LogP contribution >= 0.6 is 0 Å². The summed E-state index contributed by atoms with van der Waals surface area (Å²) in [6.07, 6.45) is 0. The van der Waals surface area contributed by atoms with Crippen molar-refractivity contribution in [1.29, 1.82) is 0 Å². The van der Waals surface area contributed by atoms with Gasteiger partial charge in [0.25, 0.3) is 15.7 Å². The molecule has 0 aliphatic carbocycles. The van der Waals surface area contributed by atoms with E-state index in [1.165, 1.54) is 16.4 Å². The largest absolute Gasteiger partial charge is 0.270 e. The summed E-state index contributed by atoms with van der Waals surface area (Å²) in [5.41, 5.74) is 2.40. The molecule has 0 saturated heterocycles. The van der Waals surface area contributed by atoms with Gasteiger partial charge in [-0.25, -0.2) is 8.42 Å². The molecular weight excluding hydrogens is 376 g/mol. The second-order valence-electron chi connectivity index (χ2n) is 6.26. The molecule has 0 heterocycles. The Labute approximate surface area is 164 Å². The smallest absolute Gasteiger partial charge is 0.266 e. The van der Waals surface area contributed by atoms with Gasteiger partial charge in [0.1, 0.15) is 0 Å². The summed E-state index contributed by atoms with van der Waals surface area (Å²) in [6.45, 7) is 3.56. The monoisotopic (exact) mass is 396 g/mol. The van der Waals surface area contributed by atoms with Gasteiger partial charge < -0.3 is 0 Å². The molecule has 0 unspecified atom stereocenters. The van der Waals surface area contributed by atoms with E-state index in [0.29, 0.717) is 11.3 Å². The molecule has 28 heavy (non-hydrogen) atoms. The molecule has 0 aliphatic heterocycles. The topological polar surface area (TPSA) is 80.5 Å². The van der Waals surface area contributed by atoms with Crippen molar-refractivity contribution < 1.29 is 13.3 Å². The first-order valence-electron chi connectivity index (χ1n) is 8.78. The highest BCUT2D eigenvalue weighted by atomic mass is 32.2. The Morgan fingerprint density at radius 2 is 1.61 bits per heavy atom.